The number of benzene rings is 3. The molecule has 5 rings (SSSR count). The minimum absolute atomic E-state index is 0.0579. The number of carbonyl (C=O) groups excluding carboxylic acids is 1. The fourth-order valence-corrected chi connectivity index (χ4v) is 4.80. The van der Waals surface area contributed by atoms with Gasteiger partial charge < -0.3 is 24.0 Å². The molecule has 0 spiro atoms. The lowest BCUT2D eigenvalue weighted by Gasteiger charge is -2.19. The Balaban J connectivity index is 1.37. The molecule has 4 aromatic rings. The van der Waals surface area contributed by atoms with Gasteiger partial charge in [0.25, 0.3) is 0 Å². The number of rotatable bonds is 8. The van der Waals surface area contributed by atoms with Gasteiger partial charge in [0.1, 0.15) is 30.0 Å². The third-order valence-corrected chi connectivity index (χ3v) is 6.73. The van der Waals surface area contributed by atoms with E-state index in [1.54, 1.807) is 12.0 Å². The smallest absolute Gasteiger partial charge is 0.227 e. The van der Waals surface area contributed by atoms with Gasteiger partial charge in [-0.3, -0.25) is 4.79 Å². The van der Waals surface area contributed by atoms with E-state index >= 15 is 0 Å². The lowest BCUT2D eigenvalue weighted by atomic mass is 10.1. The zero-order valence-electron chi connectivity index (χ0n) is 20.8. The van der Waals surface area contributed by atoms with Gasteiger partial charge in [0.15, 0.2) is 0 Å². The fraction of sp³-hybridized carbons (Fsp3) is 0.310. The quantitative estimate of drug-likeness (QED) is 0.394. The lowest BCUT2D eigenvalue weighted by Crippen LogP contribution is -2.26. The predicted molar refractivity (Wildman–Crippen MR) is 140 cm³/mol. The highest BCUT2D eigenvalue weighted by Crippen LogP contribution is 2.34. The maximum atomic E-state index is 13.0. The number of ether oxygens (including phenoxy) is 2. The molecule has 2 atom stereocenters. The van der Waals surface area contributed by atoms with Crippen molar-refractivity contribution >= 4 is 22.6 Å². The van der Waals surface area contributed by atoms with Crippen LogP contribution in [0.15, 0.2) is 66.7 Å². The minimum Gasteiger partial charge on any atom is -0.497 e. The van der Waals surface area contributed by atoms with E-state index in [-0.39, 0.29) is 18.4 Å². The van der Waals surface area contributed by atoms with Crippen LogP contribution < -0.4 is 14.4 Å². The van der Waals surface area contributed by atoms with Gasteiger partial charge in [-0.15, -0.1) is 0 Å². The van der Waals surface area contributed by atoms with Crippen molar-refractivity contribution in [2.75, 3.05) is 25.2 Å². The fourth-order valence-electron chi connectivity index (χ4n) is 4.80. The highest BCUT2D eigenvalue weighted by Gasteiger charge is 2.35. The number of para-hydroxylation sites is 2. The van der Waals surface area contributed by atoms with Crippen LogP contribution in [0.2, 0.25) is 0 Å². The van der Waals surface area contributed by atoms with Crippen molar-refractivity contribution < 1.29 is 19.4 Å². The SMILES string of the molecule is COc1ccc(N2C[C@@H](c3nc4ccccc4n3C[C@H](O)COc3cc(C)ccc3C)CC2=O)cc1. The number of aryl methyl sites for hydroxylation is 2. The normalized spacial score (nSPS) is 16.5. The zero-order valence-corrected chi connectivity index (χ0v) is 20.8. The summed E-state index contributed by atoms with van der Waals surface area (Å²) >= 11 is 0. The van der Waals surface area contributed by atoms with Crippen LogP contribution in [0.4, 0.5) is 5.69 Å². The number of anilines is 1. The first kappa shape index (κ1) is 23.9. The average Bonchev–Trinajstić information content (AvgIpc) is 3.45. The minimum atomic E-state index is -0.740. The van der Waals surface area contributed by atoms with Crippen LogP contribution >= 0.6 is 0 Å². The molecule has 3 aromatic carbocycles. The maximum absolute atomic E-state index is 13.0. The number of amides is 1. The summed E-state index contributed by atoms with van der Waals surface area (Å²) in [5, 5.41) is 10.9. The molecule has 0 radical (unpaired) electrons. The molecule has 7 heteroatoms. The lowest BCUT2D eigenvalue weighted by molar-refractivity contribution is -0.117. The van der Waals surface area contributed by atoms with Gasteiger partial charge in [-0.1, -0.05) is 24.3 Å². The van der Waals surface area contributed by atoms with Crippen molar-refractivity contribution in [3.63, 3.8) is 0 Å². The van der Waals surface area contributed by atoms with Crippen LogP contribution in [-0.2, 0) is 11.3 Å². The molecule has 1 saturated heterocycles. The Kier molecular flexibility index (Phi) is 6.65. The first-order valence-corrected chi connectivity index (χ1v) is 12.2. The number of carbonyl (C=O) groups is 1. The van der Waals surface area contributed by atoms with Gasteiger partial charge >= 0.3 is 0 Å². The number of aliphatic hydroxyl groups is 1. The molecule has 1 N–H and O–H groups in total. The molecule has 1 amide bonds. The third-order valence-electron chi connectivity index (χ3n) is 6.73. The molecule has 0 saturated carbocycles. The number of fused-ring (bicyclic) bond motifs is 1. The van der Waals surface area contributed by atoms with Crippen LogP contribution in [0.1, 0.15) is 29.3 Å². The molecule has 36 heavy (non-hydrogen) atoms. The second-order valence-corrected chi connectivity index (χ2v) is 9.41. The van der Waals surface area contributed by atoms with Crippen molar-refractivity contribution in [1.82, 2.24) is 9.55 Å². The number of aliphatic hydroxyl groups excluding tert-OH is 1. The van der Waals surface area contributed by atoms with Gasteiger partial charge in [-0.2, -0.15) is 0 Å². The largest absolute Gasteiger partial charge is 0.497 e. The van der Waals surface area contributed by atoms with Gasteiger partial charge in [0.05, 0.1) is 24.7 Å². The number of nitrogens with zero attached hydrogens (tertiary/aromatic N) is 3. The number of hydrogen-bond acceptors (Lipinski definition) is 5. The first-order valence-electron chi connectivity index (χ1n) is 12.2. The maximum Gasteiger partial charge on any atom is 0.227 e. The zero-order chi connectivity index (χ0) is 25.2. The van der Waals surface area contributed by atoms with Crippen LogP contribution in [0.5, 0.6) is 11.5 Å². The molecular weight excluding hydrogens is 454 g/mol. The molecule has 1 aliphatic rings. The highest BCUT2D eigenvalue weighted by molar-refractivity contribution is 5.96. The number of imidazole rings is 1. The third kappa shape index (κ3) is 4.79. The van der Waals surface area contributed by atoms with Gasteiger partial charge in [0.2, 0.25) is 5.91 Å². The van der Waals surface area contributed by atoms with E-state index in [2.05, 4.69) is 0 Å². The first-order chi connectivity index (χ1) is 17.4. The van der Waals surface area contributed by atoms with Crippen LogP contribution in [0.3, 0.4) is 0 Å². The monoisotopic (exact) mass is 485 g/mol. The summed E-state index contributed by atoms with van der Waals surface area (Å²) in [6, 6.07) is 21.4. The predicted octanol–water partition coefficient (Wildman–Crippen LogP) is 4.62. The van der Waals surface area contributed by atoms with Crippen molar-refractivity contribution in [3.05, 3.63) is 83.7 Å². The second-order valence-electron chi connectivity index (χ2n) is 9.41. The van der Waals surface area contributed by atoms with Gasteiger partial charge in [-0.05, 0) is 67.4 Å². The van der Waals surface area contributed by atoms with E-state index in [1.165, 1.54) is 0 Å². The molecule has 2 heterocycles. The van der Waals surface area contributed by atoms with Crippen LogP contribution in [0.25, 0.3) is 11.0 Å². The summed E-state index contributed by atoms with van der Waals surface area (Å²) in [5.74, 6) is 2.31. The Bertz CT molecular complexity index is 1380. The number of methoxy groups -OCH3 is 1. The average molecular weight is 486 g/mol. The van der Waals surface area contributed by atoms with Crippen molar-refractivity contribution in [2.45, 2.75) is 38.8 Å². The van der Waals surface area contributed by atoms with Crippen molar-refractivity contribution in [3.8, 4) is 11.5 Å². The Morgan fingerprint density at radius 2 is 1.86 bits per heavy atom. The summed E-state index contributed by atoms with van der Waals surface area (Å²) in [6.07, 6.45) is -0.374. The van der Waals surface area contributed by atoms with E-state index in [1.807, 2.05) is 85.1 Å². The van der Waals surface area contributed by atoms with E-state index in [9.17, 15) is 9.90 Å². The molecule has 0 unspecified atom stereocenters. The van der Waals surface area contributed by atoms with Crippen LogP contribution in [-0.4, -0.2) is 46.9 Å². The Labute approximate surface area is 210 Å². The van der Waals surface area contributed by atoms with Crippen molar-refractivity contribution in [2.24, 2.45) is 0 Å². The number of aromatic nitrogens is 2. The summed E-state index contributed by atoms with van der Waals surface area (Å²) in [6.45, 7) is 5.04. The Hall–Kier alpha value is -3.84. The molecule has 7 nitrogen and oxygen atoms in total. The Morgan fingerprint density at radius 3 is 2.64 bits per heavy atom. The Morgan fingerprint density at radius 1 is 1.08 bits per heavy atom. The summed E-state index contributed by atoms with van der Waals surface area (Å²) in [5.41, 5.74) is 4.78. The summed E-state index contributed by atoms with van der Waals surface area (Å²) in [7, 11) is 1.62. The molecule has 1 fully saturated rings. The molecule has 0 bridgehead atoms. The summed E-state index contributed by atoms with van der Waals surface area (Å²) < 4.78 is 13.2. The molecule has 186 valence electrons. The number of hydrogen-bond donors (Lipinski definition) is 1. The van der Waals surface area contributed by atoms with E-state index < -0.39 is 6.10 Å². The highest BCUT2D eigenvalue weighted by atomic mass is 16.5. The standard InChI is InChI=1S/C29H31N3O4/c1-19-8-9-20(2)27(14-19)36-18-23(33)17-32-26-7-5-4-6-25(26)30-29(32)21-15-28(34)31(16-21)22-10-12-24(35-3)13-11-22/h4-14,21,23,33H,15-18H2,1-3H3/t21-,23-/m0/s1. The van der Waals surface area contributed by atoms with Gasteiger partial charge in [0, 0.05) is 24.6 Å². The van der Waals surface area contributed by atoms with Crippen molar-refractivity contribution in [1.29, 1.82) is 0 Å². The van der Waals surface area contributed by atoms with E-state index in [0.29, 0.717) is 19.5 Å². The molecule has 0 aliphatic carbocycles. The molecular formula is C29H31N3O4. The molecule has 1 aliphatic heterocycles. The topological polar surface area (TPSA) is 76.8 Å². The molecule has 1 aromatic heterocycles. The van der Waals surface area contributed by atoms with E-state index in [4.69, 9.17) is 14.5 Å². The van der Waals surface area contributed by atoms with Crippen LogP contribution in [0, 0.1) is 13.8 Å². The van der Waals surface area contributed by atoms with Gasteiger partial charge in [-0.25, -0.2) is 4.98 Å². The summed E-state index contributed by atoms with van der Waals surface area (Å²) in [4.78, 5) is 19.7. The van der Waals surface area contributed by atoms with E-state index in [0.717, 1.165) is 45.2 Å². The second kappa shape index (κ2) is 10.0.